The van der Waals surface area contributed by atoms with Crippen molar-refractivity contribution in [1.29, 1.82) is 0 Å². The Bertz CT molecular complexity index is 503. The number of hydrogen-bond donors (Lipinski definition) is 2. The Morgan fingerprint density at radius 1 is 1.42 bits per heavy atom. The van der Waals surface area contributed by atoms with Gasteiger partial charge in [-0.25, -0.2) is 0 Å². The van der Waals surface area contributed by atoms with Gasteiger partial charge in [-0.3, -0.25) is 14.9 Å². The van der Waals surface area contributed by atoms with Crippen molar-refractivity contribution >= 4 is 17.3 Å². The van der Waals surface area contributed by atoms with Gasteiger partial charge in [0.25, 0.3) is 11.6 Å². The highest BCUT2D eigenvalue weighted by atomic mass is 19.4. The lowest BCUT2D eigenvalue weighted by atomic mass is 10.1. The van der Waals surface area contributed by atoms with Crippen LogP contribution in [0, 0.1) is 10.1 Å². The fourth-order valence-electron chi connectivity index (χ4n) is 1.33. The van der Waals surface area contributed by atoms with Gasteiger partial charge in [-0.05, 0) is 6.07 Å². The summed E-state index contributed by atoms with van der Waals surface area (Å²) in [7, 11) is 1.45. The van der Waals surface area contributed by atoms with E-state index < -0.39 is 23.6 Å². The molecule has 0 spiro atoms. The van der Waals surface area contributed by atoms with Crippen LogP contribution in [-0.2, 0) is 0 Å². The van der Waals surface area contributed by atoms with Gasteiger partial charge in [-0.15, -0.1) is 0 Å². The molecule has 1 aromatic carbocycles. The highest BCUT2D eigenvalue weighted by molar-refractivity contribution is 6.00. The van der Waals surface area contributed by atoms with Gasteiger partial charge in [-0.2, -0.15) is 13.2 Å². The molecule has 6 nitrogen and oxygen atoms in total. The molecule has 0 heterocycles. The fourth-order valence-corrected chi connectivity index (χ4v) is 1.33. The minimum absolute atomic E-state index is 0.199. The summed E-state index contributed by atoms with van der Waals surface area (Å²) in [6.45, 7) is -1.50. The topological polar surface area (TPSA) is 84.3 Å². The summed E-state index contributed by atoms with van der Waals surface area (Å²) in [5.41, 5.74) is -0.401. The zero-order valence-corrected chi connectivity index (χ0v) is 9.75. The number of alkyl halides is 3. The van der Waals surface area contributed by atoms with Crippen LogP contribution in [0.3, 0.4) is 0 Å². The Morgan fingerprint density at radius 2 is 2.05 bits per heavy atom. The zero-order chi connectivity index (χ0) is 14.6. The molecule has 0 saturated carbocycles. The molecule has 0 atom stereocenters. The van der Waals surface area contributed by atoms with Crippen LogP contribution in [0.2, 0.25) is 0 Å². The lowest BCUT2D eigenvalue weighted by Crippen LogP contribution is -2.34. The molecule has 2 N–H and O–H groups in total. The van der Waals surface area contributed by atoms with Crippen molar-refractivity contribution < 1.29 is 22.9 Å². The second-order valence-corrected chi connectivity index (χ2v) is 3.53. The van der Waals surface area contributed by atoms with E-state index in [1.54, 1.807) is 5.32 Å². The number of nitro benzene ring substituents is 1. The highest BCUT2D eigenvalue weighted by Crippen LogP contribution is 2.22. The number of nitro groups is 1. The predicted octanol–water partition coefficient (Wildman–Crippen LogP) is 1.93. The lowest BCUT2D eigenvalue weighted by molar-refractivity contribution is -0.384. The smallest absolute Gasteiger partial charge is 0.387 e. The molecule has 0 fully saturated rings. The molecule has 1 amide bonds. The molecule has 19 heavy (non-hydrogen) atoms. The van der Waals surface area contributed by atoms with E-state index in [-0.39, 0.29) is 16.9 Å². The first-order valence-electron chi connectivity index (χ1n) is 5.05. The van der Waals surface area contributed by atoms with Crippen molar-refractivity contribution in [3.63, 3.8) is 0 Å². The van der Waals surface area contributed by atoms with Crippen molar-refractivity contribution in [3.8, 4) is 0 Å². The van der Waals surface area contributed by atoms with Gasteiger partial charge >= 0.3 is 6.18 Å². The molecule has 1 rings (SSSR count). The van der Waals surface area contributed by atoms with Gasteiger partial charge in [0.1, 0.15) is 6.54 Å². The number of hydrogen-bond acceptors (Lipinski definition) is 4. The SMILES string of the molecule is CNc1ccc([N+](=O)[O-])cc1C(=O)NCC(F)(F)F. The van der Waals surface area contributed by atoms with Crippen LogP contribution < -0.4 is 10.6 Å². The van der Waals surface area contributed by atoms with Crippen LogP contribution in [0.4, 0.5) is 24.5 Å². The Kier molecular flexibility index (Phi) is 4.30. The number of benzene rings is 1. The van der Waals surface area contributed by atoms with E-state index in [1.165, 1.54) is 13.1 Å². The number of nitrogens with one attached hydrogen (secondary N) is 2. The number of carbonyl (C=O) groups is 1. The molecule has 1 aromatic rings. The zero-order valence-electron chi connectivity index (χ0n) is 9.75. The number of amides is 1. The standard InChI is InChI=1S/C10H10F3N3O3/c1-14-8-3-2-6(16(18)19)4-7(8)9(17)15-5-10(11,12)13/h2-4,14H,5H2,1H3,(H,15,17). The van der Waals surface area contributed by atoms with Gasteiger partial charge in [0, 0.05) is 24.9 Å². The summed E-state index contributed by atoms with van der Waals surface area (Å²) >= 11 is 0. The average Bonchev–Trinajstić information content (AvgIpc) is 2.34. The third kappa shape index (κ3) is 4.12. The number of nitrogens with zero attached hydrogens (tertiary/aromatic N) is 1. The van der Waals surface area contributed by atoms with E-state index in [2.05, 4.69) is 5.32 Å². The Hall–Kier alpha value is -2.32. The molecule has 104 valence electrons. The normalized spacial score (nSPS) is 10.9. The van der Waals surface area contributed by atoms with Crippen LogP contribution >= 0.6 is 0 Å². The van der Waals surface area contributed by atoms with Crippen molar-refractivity contribution in [2.24, 2.45) is 0 Å². The molecule has 0 bridgehead atoms. The van der Waals surface area contributed by atoms with E-state index in [0.717, 1.165) is 12.1 Å². The third-order valence-corrected chi connectivity index (χ3v) is 2.18. The first kappa shape index (κ1) is 14.7. The number of non-ortho nitro benzene ring substituents is 1. The summed E-state index contributed by atoms with van der Waals surface area (Å²) in [5, 5.41) is 14.8. The minimum atomic E-state index is -4.55. The van der Waals surface area contributed by atoms with Gasteiger partial charge in [-0.1, -0.05) is 0 Å². The molecular weight excluding hydrogens is 267 g/mol. The summed E-state index contributed by atoms with van der Waals surface area (Å²) in [4.78, 5) is 21.4. The van der Waals surface area contributed by atoms with Crippen LogP contribution in [0.1, 0.15) is 10.4 Å². The molecule has 0 aliphatic rings. The van der Waals surface area contributed by atoms with Crippen molar-refractivity contribution in [3.05, 3.63) is 33.9 Å². The Balaban J connectivity index is 2.99. The Morgan fingerprint density at radius 3 is 2.53 bits per heavy atom. The van der Waals surface area contributed by atoms with Crippen LogP contribution in [0.15, 0.2) is 18.2 Å². The number of rotatable bonds is 4. The second-order valence-electron chi connectivity index (χ2n) is 3.53. The highest BCUT2D eigenvalue weighted by Gasteiger charge is 2.28. The van der Waals surface area contributed by atoms with Crippen molar-refractivity contribution in [1.82, 2.24) is 5.32 Å². The largest absolute Gasteiger partial charge is 0.405 e. The molecular formula is C10H10F3N3O3. The first-order valence-corrected chi connectivity index (χ1v) is 5.05. The van der Waals surface area contributed by atoms with Crippen LogP contribution in [0.5, 0.6) is 0 Å². The van der Waals surface area contributed by atoms with E-state index >= 15 is 0 Å². The number of halogens is 3. The van der Waals surface area contributed by atoms with Crippen LogP contribution in [-0.4, -0.2) is 30.6 Å². The van der Waals surface area contributed by atoms with Crippen molar-refractivity contribution in [2.75, 3.05) is 18.9 Å². The van der Waals surface area contributed by atoms with E-state index in [4.69, 9.17) is 0 Å². The summed E-state index contributed by atoms with van der Waals surface area (Å²) in [6, 6.07) is 3.31. The monoisotopic (exact) mass is 277 g/mol. The summed E-state index contributed by atoms with van der Waals surface area (Å²) in [5.74, 6) is -1.04. The van der Waals surface area contributed by atoms with E-state index in [1.807, 2.05) is 0 Å². The number of carbonyl (C=O) groups excluding carboxylic acids is 1. The van der Waals surface area contributed by atoms with E-state index in [9.17, 15) is 28.1 Å². The quantitative estimate of drug-likeness (QED) is 0.650. The molecule has 0 radical (unpaired) electrons. The second kappa shape index (κ2) is 5.55. The van der Waals surface area contributed by atoms with Gasteiger partial charge in [0.05, 0.1) is 10.5 Å². The Labute approximate surface area is 105 Å². The average molecular weight is 277 g/mol. The molecule has 0 aliphatic heterocycles. The maximum absolute atomic E-state index is 12.0. The number of anilines is 1. The van der Waals surface area contributed by atoms with Crippen molar-refractivity contribution in [2.45, 2.75) is 6.18 Å². The molecule has 9 heteroatoms. The van der Waals surface area contributed by atoms with E-state index in [0.29, 0.717) is 0 Å². The van der Waals surface area contributed by atoms with Gasteiger partial charge in [0.15, 0.2) is 0 Å². The maximum atomic E-state index is 12.0. The minimum Gasteiger partial charge on any atom is -0.387 e. The first-order chi connectivity index (χ1) is 8.74. The van der Waals surface area contributed by atoms with Gasteiger partial charge < -0.3 is 10.6 Å². The lowest BCUT2D eigenvalue weighted by Gasteiger charge is -2.11. The summed E-state index contributed by atoms with van der Waals surface area (Å²) in [6.07, 6.45) is -4.55. The third-order valence-electron chi connectivity index (χ3n) is 2.18. The summed E-state index contributed by atoms with van der Waals surface area (Å²) < 4.78 is 35.9. The van der Waals surface area contributed by atoms with Crippen LogP contribution in [0.25, 0.3) is 0 Å². The maximum Gasteiger partial charge on any atom is 0.405 e. The molecule has 0 saturated heterocycles. The molecule has 0 aliphatic carbocycles. The fraction of sp³-hybridized carbons (Fsp3) is 0.300. The van der Waals surface area contributed by atoms with Gasteiger partial charge in [0.2, 0.25) is 0 Å². The predicted molar refractivity (Wildman–Crippen MR) is 61.0 cm³/mol. The molecule has 0 unspecified atom stereocenters. The molecule has 0 aromatic heterocycles.